The summed E-state index contributed by atoms with van der Waals surface area (Å²) in [4.78, 5) is 23.0. The van der Waals surface area contributed by atoms with Gasteiger partial charge in [-0.25, -0.2) is 12.7 Å². The van der Waals surface area contributed by atoms with E-state index in [9.17, 15) is 18.0 Å². The molecular formula is C11H17NO5S. The minimum Gasteiger partial charge on any atom is -0.481 e. The summed E-state index contributed by atoms with van der Waals surface area (Å²) < 4.78 is 23.8. The Hall–Kier alpha value is -1.11. The normalized spacial score (nSPS) is 27.9. The third-order valence-corrected chi connectivity index (χ3v) is 6.53. The number of carboxylic acids is 1. The number of hydrogen-bond donors (Lipinski definition) is 1. The van der Waals surface area contributed by atoms with Crippen molar-refractivity contribution in [3.63, 3.8) is 0 Å². The van der Waals surface area contributed by atoms with Gasteiger partial charge in [-0.15, -0.1) is 0 Å². The minimum absolute atomic E-state index is 0.298. The average molecular weight is 275 g/mol. The van der Waals surface area contributed by atoms with Crippen LogP contribution in [0.1, 0.15) is 46.0 Å². The molecule has 1 saturated heterocycles. The molecule has 2 fully saturated rings. The molecule has 7 heteroatoms. The lowest BCUT2D eigenvalue weighted by Gasteiger charge is -2.52. The first-order chi connectivity index (χ1) is 8.15. The van der Waals surface area contributed by atoms with Gasteiger partial charge >= 0.3 is 5.97 Å². The maximum absolute atomic E-state index is 12.2. The Morgan fingerprint density at radius 1 is 1.33 bits per heavy atom. The highest BCUT2D eigenvalue weighted by Gasteiger charge is 2.66. The van der Waals surface area contributed by atoms with Crippen LogP contribution in [0.4, 0.5) is 0 Å². The van der Waals surface area contributed by atoms with Crippen molar-refractivity contribution in [1.29, 1.82) is 0 Å². The van der Waals surface area contributed by atoms with Gasteiger partial charge in [0, 0.05) is 0 Å². The molecular weight excluding hydrogens is 258 g/mol. The van der Waals surface area contributed by atoms with Gasteiger partial charge in [0.25, 0.3) is 15.9 Å². The number of rotatable bonds is 3. The molecule has 1 amide bonds. The van der Waals surface area contributed by atoms with Crippen LogP contribution in [0.15, 0.2) is 0 Å². The van der Waals surface area contributed by atoms with Crippen LogP contribution in [0, 0.1) is 0 Å². The number of carbonyl (C=O) groups is 2. The van der Waals surface area contributed by atoms with Crippen molar-refractivity contribution in [1.82, 2.24) is 4.31 Å². The highest BCUT2D eigenvalue weighted by molar-refractivity contribution is 7.94. The Morgan fingerprint density at radius 3 is 2.22 bits per heavy atom. The molecule has 0 unspecified atom stereocenters. The molecule has 0 spiro atoms. The van der Waals surface area contributed by atoms with Gasteiger partial charge in [0.2, 0.25) is 0 Å². The van der Waals surface area contributed by atoms with E-state index in [1.54, 1.807) is 0 Å². The zero-order chi connectivity index (χ0) is 13.8. The fourth-order valence-corrected chi connectivity index (χ4v) is 4.73. The number of carbonyl (C=O) groups excluding carboxylic acids is 1. The monoisotopic (exact) mass is 275 g/mol. The van der Waals surface area contributed by atoms with Gasteiger partial charge in [-0.05, 0) is 26.7 Å². The van der Waals surface area contributed by atoms with Crippen LogP contribution in [-0.4, -0.2) is 40.0 Å². The van der Waals surface area contributed by atoms with Gasteiger partial charge < -0.3 is 5.11 Å². The van der Waals surface area contributed by atoms with E-state index in [1.165, 1.54) is 13.8 Å². The second-order valence-corrected chi connectivity index (χ2v) is 7.92. The predicted octanol–water partition coefficient (Wildman–Crippen LogP) is 0.724. The van der Waals surface area contributed by atoms with E-state index in [-0.39, 0.29) is 6.42 Å². The summed E-state index contributed by atoms with van der Waals surface area (Å²) in [5, 5.41) is 8.96. The van der Waals surface area contributed by atoms with Crippen LogP contribution < -0.4 is 0 Å². The van der Waals surface area contributed by atoms with Crippen LogP contribution in [0.2, 0.25) is 0 Å². The maximum atomic E-state index is 12.2. The molecule has 6 nitrogen and oxygen atoms in total. The summed E-state index contributed by atoms with van der Waals surface area (Å²) in [6, 6.07) is 0. The Balaban J connectivity index is 2.41. The molecule has 1 aliphatic carbocycles. The SMILES string of the molecule is CC1(C)C(=O)N(C2(CC(=O)O)CCCC2)S1(=O)=O. The van der Waals surface area contributed by atoms with E-state index in [0.717, 1.165) is 17.1 Å². The van der Waals surface area contributed by atoms with Crippen molar-refractivity contribution in [2.45, 2.75) is 56.2 Å². The van der Waals surface area contributed by atoms with Crippen molar-refractivity contribution in [3.05, 3.63) is 0 Å². The molecule has 2 aliphatic rings. The van der Waals surface area contributed by atoms with Crippen LogP contribution in [0.3, 0.4) is 0 Å². The standard InChI is InChI=1S/C11H17NO5S/c1-10(2)9(15)12(18(10,16)17)11(7-8(13)14)5-3-4-6-11/h3-7H2,1-2H3,(H,13,14). The molecule has 1 saturated carbocycles. The van der Waals surface area contributed by atoms with E-state index >= 15 is 0 Å². The van der Waals surface area contributed by atoms with Gasteiger partial charge in [0.15, 0.2) is 4.75 Å². The van der Waals surface area contributed by atoms with E-state index < -0.39 is 32.2 Å². The Labute approximate surface area is 106 Å². The van der Waals surface area contributed by atoms with Gasteiger partial charge in [-0.3, -0.25) is 9.59 Å². The van der Waals surface area contributed by atoms with Gasteiger partial charge in [-0.1, -0.05) is 12.8 Å². The first-order valence-corrected chi connectivity index (χ1v) is 7.40. The lowest BCUT2D eigenvalue weighted by molar-refractivity contribution is -0.144. The first kappa shape index (κ1) is 13.3. The van der Waals surface area contributed by atoms with Crippen molar-refractivity contribution in [3.8, 4) is 0 Å². The van der Waals surface area contributed by atoms with Crippen LogP contribution >= 0.6 is 0 Å². The first-order valence-electron chi connectivity index (χ1n) is 5.96. The van der Waals surface area contributed by atoms with Crippen molar-refractivity contribution in [2.75, 3.05) is 0 Å². The van der Waals surface area contributed by atoms with E-state index in [0.29, 0.717) is 12.8 Å². The molecule has 0 atom stereocenters. The zero-order valence-corrected chi connectivity index (χ0v) is 11.3. The molecule has 0 aromatic rings. The summed E-state index contributed by atoms with van der Waals surface area (Å²) in [7, 11) is -3.72. The molecule has 0 aromatic heterocycles. The van der Waals surface area contributed by atoms with Crippen molar-refractivity contribution in [2.24, 2.45) is 0 Å². The van der Waals surface area contributed by atoms with Crippen LogP contribution in [0.25, 0.3) is 0 Å². The zero-order valence-electron chi connectivity index (χ0n) is 10.5. The van der Waals surface area contributed by atoms with E-state index in [1.807, 2.05) is 0 Å². The lowest BCUT2D eigenvalue weighted by Crippen LogP contribution is -2.73. The molecule has 0 radical (unpaired) electrons. The fraction of sp³-hybridized carbons (Fsp3) is 0.818. The Morgan fingerprint density at radius 2 is 1.83 bits per heavy atom. The van der Waals surface area contributed by atoms with Crippen molar-refractivity contribution < 1.29 is 23.1 Å². The molecule has 1 heterocycles. The topological polar surface area (TPSA) is 91.8 Å². The van der Waals surface area contributed by atoms with E-state index in [4.69, 9.17) is 5.11 Å². The fourth-order valence-electron chi connectivity index (χ4n) is 2.89. The third kappa shape index (κ3) is 1.49. The number of sulfonamides is 1. The second-order valence-electron chi connectivity index (χ2n) is 5.59. The molecule has 1 N–H and O–H groups in total. The maximum Gasteiger partial charge on any atom is 0.305 e. The Kier molecular flexibility index (Phi) is 2.73. The quantitative estimate of drug-likeness (QED) is 0.819. The second kappa shape index (κ2) is 3.69. The molecule has 102 valence electrons. The Bertz CT molecular complexity index is 502. The van der Waals surface area contributed by atoms with Gasteiger partial charge in [-0.2, -0.15) is 0 Å². The number of hydrogen-bond acceptors (Lipinski definition) is 4. The van der Waals surface area contributed by atoms with Crippen molar-refractivity contribution >= 4 is 21.9 Å². The molecule has 1 aliphatic heterocycles. The molecule has 0 bridgehead atoms. The third-order valence-electron chi connectivity index (χ3n) is 4.03. The highest BCUT2D eigenvalue weighted by atomic mass is 32.2. The van der Waals surface area contributed by atoms with Gasteiger partial charge in [0.1, 0.15) is 0 Å². The van der Waals surface area contributed by atoms with Crippen LogP contribution in [0.5, 0.6) is 0 Å². The number of amides is 1. The lowest BCUT2D eigenvalue weighted by atomic mass is 9.92. The minimum atomic E-state index is -3.72. The summed E-state index contributed by atoms with van der Waals surface area (Å²) in [5.74, 6) is -1.55. The molecule has 18 heavy (non-hydrogen) atoms. The molecule has 2 rings (SSSR count). The number of aliphatic carboxylic acids is 1. The average Bonchev–Trinajstić information content (AvgIpc) is 2.65. The summed E-state index contributed by atoms with van der Waals surface area (Å²) >= 11 is 0. The van der Waals surface area contributed by atoms with E-state index in [2.05, 4.69) is 0 Å². The van der Waals surface area contributed by atoms with Crippen LogP contribution in [-0.2, 0) is 19.6 Å². The summed E-state index contributed by atoms with van der Waals surface area (Å²) in [6.45, 7) is 2.73. The number of carboxylic acid groups (broad SMARTS) is 1. The van der Waals surface area contributed by atoms with Gasteiger partial charge in [0.05, 0.1) is 12.0 Å². The molecule has 0 aromatic carbocycles. The summed E-state index contributed by atoms with van der Waals surface area (Å²) in [6.07, 6.45) is 2.11. The predicted molar refractivity (Wildman–Crippen MR) is 63.3 cm³/mol. The smallest absolute Gasteiger partial charge is 0.305 e. The highest BCUT2D eigenvalue weighted by Crippen LogP contribution is 2.48. The summed E-state index contributed by atoms with van der Waals surface area (Å²) in [5.41, 5.74) is -1.03. The largest absolute Gasteiger partial charge is 0.481 e. The number of nitrogens with zero attached hydrogens (tertiary/aromatic N) is 1.